The Balaban J connectivity index is 1.63. The van der Waals surface area contributed by atoms with Crippen molar-refractivity contribution < 1.29 is 4.42 Å². The highest BCUT2D eigenvalue weighted by Gasteiger charge is 2.36. The predicted molar refractivity (Wildman–Crippen MR) is 125 cm³/mol. The molecule has 1 aliphatic heterocycles. The van der Waals surface area contributed by atoms with Crippen molar-refractivity contribution >= 4 is 44.7 Å². The maximum Gasteiger partial charge on any atom is 0.159 e. The van der Waals surface area contributed by atoms with Crippen LogP contribution in [0.1, 0.15) is 12.5 Å². The molecule has 0 fully saturated rings. The number of para-hydroxylation sites is 4. The van der Waals surface area contributed by atoms with Crippen LogP contribution in [0.3, 0.4) is 0 Å². The lowest BCUT2D eigenvalue weighted by atomic mass is 10.1. The van der Waals surface area contributed by atoms with E-state index >= 15 is 0 Å². The van der Waals surface area contributed by atoms with Gasteiger partial charge in [-0.05, 0) is 49.7 Å². The molecule has 146 valence electrons. The van der Waals surface area contributed by atoms with Gasteiger partial charge in [0, 0.05) is 16.5 Å². The Morgan fingerprint density at radius 1 is 0.667 bits per heavy atom. The zero-order valence-electron chi connectivity index (χ0n) is 17.0. The SMILES string of the molecule is Cc1ccc2c(oc3ccccc32)c1N1c2ccccc2N(c2ccccc2)C1C. The van der Waals surface area contributed by atoms with Crippen LogP contribution in [0.4, 0.5) is 22.7 Å². The van der Waals surface area contributed by atoms with Gasteiger partial charge < -0.3 is 14.2 Å². The number of anilines is 4. The average molecular weight is 390 g/mol. The summed E-state index contributed by atoms with van der Waals surface area (Å²) in [5.74, 6) is 0. The highest BCUT2D eigenvalue weighted by molar-refractivity contribution is 6.11. The van der Waals surface area contributed by atoms with E-state index < -0.39 is 0 Å². The quantitative estimate of drug-likeness (QED) is 0.310. The first kappa shape index (κ1) is 17.2. The van der Waals surface area contributed by atoms with Crippen molar-refractivity contribution in [3.63, 3.8) is 0 Å². The van der Waals surface area contributed by atoms with E-state index in [0.717, 1.165) is 27.6 Å². The molecule has 2 heterocycles. The molecule has 0 N–H and O–H groups in total. The Bertz CT molecular complexity index is 1390. The number of nitrogens with zero attached hydrogens (tertiary/aromatic N) is 2. The molecule has 4 aromatic carbocycles. The van der Waals surface area contributed by atoms with E-state index in [2.05, 4.69) is 103 Å². The van der Waals surface area contributed by atoms with Gasteiger partial charge in [0.15, 0.2) is 5.58 Å². The minimum Gasteiger partial charge on any atom is -0.454 e. The van der Waals surface area contributed by atoms with E-state index in [-0.39, 0.29) is 6.17 Å². The smallest absolute Gasteiger partial charge is 0.159 e. The molecular weight excluding hydrogens is 368 g/mol. The zero-order chi connectivity index (χ0) is 20.2. The van der Waals surface area contributed by atoms with Crippen molar-refractivity contribution in [1.82, 2.24) is 0 Å². The highest BCUT2D eigenvalue weighted by atomic mass is 16.3. The van der Waals surface area contributed by atoms with Gasteiger partial charge in [0.2, 0.25) is 0 Å². The van der Waals surface area contributed by atoms with Crippen molar-refractivity contribution in [2.75, 3.05) is 9.80 Å². The molecular formula is C27H22N2O. The van der Waals surface area contributed by atoms with Gasteiger partial charge in [-0.1, -0.05) is 60.7 Å². The first-order chi connectivity index (χ1) is 14.7. The van der Waals surface area contributed by atoms with Crippen LogP contribution in [0.15, 0.2) is 95.4 Å². The van der Waals surface area contributed by atoms with E-state index in [4.69, 9.17) is 4.42 Å². The molecule has 1 atom stereocenters. The number of furan rings is 1. The Labute approximate surface area is 175 Å². The number of benzene rings is 4. The van der Waals surface area contributed by atoms with E-state index in [1.54, 1.807) is 0 Å². The van der Waals surface area contributed by atoms with E-state index in [1.807, 2.05) is 12.1 Å². The predicted octanol–water partition coefficient (Wildman–Crippen LogP) is 7.53. The number of hydrogen-bond acceptors (Lipinski definition) is 3. The van der Waals surface area contributed by atoms with Crippen LogP contribution >= 0.6 is 0 Å². The summed E-state index contributed by atoms with van der Waals surface area (Å²) < 4.78 is 6.42. The lowest BCUT2D eigenvalue weighted by Crippen LogP contribution is -2.35. The minimum absolute atomic E-state index is 0.113. The molecule has 0 amide bonds. The molecule has 0 radical (unpaired) electrons. The summed E-state index contributed by atoms with van der Waals surface area (Å²) in [5, 5.41) is 2.32. The first-order valence-corrected chi connectivity index (χ1v) is 10.4. The molecule has 0 saturated heterocycles. The number of hydrogen-bond donors (Lipinski definition) is 0. The fraction of sp³-hybridized carbons (Fsp3) is 0.111. The van der Waals surface area contributed by atoms with Gasteiger partial charge in [-0.25, -0.2) is 0 Å². The summed E-state index contributed by atoms with van der Waals surface area (Å²) in [4.78, 5) is 4.82. The van der Waals surface area contributed by atoms with Crippen LogP contribution < -0.4 is 9.80 Å². The molecule has 0 saturated carbocycles. The van der Waals surface area contributed by atoms with Gasteiger partial charge >= 0.3 is 0 Å². The fourth-order valence-electron chi connectivity index (χ4n) is 4.81. The largest absolute Gasteiger partial charge is 0.454 e. The first-order valence-electron chi connectivity index (χ1n) is 10.4. The van der Waals surface area contributed by atoms with E-state index in [0.29, 0.717) is 0 Å². The molecule has 1 unspecified atom stereocenters. The topological polar surface area (TPSA) is 19.6 Å². The second-order valence-corrected chi connectivity index (χ2v) is 7.90. The third kappa shape index (κ3) is 2.32. The van der Waals surface area contributed by atoms with Crippen LogP contribution in [-0.4, -0.2) is 6.17 Å². The van der Waals surface area contributed by atoms with Crippen LogP contribution in [0.5, 0.6) is 0 Å². The normalized spacial score (nSPS) is 15.9. The zero-order valence-corrected chi connectivity index (χ0v) is 17.0. The number of aryl methyl sites for hydroxylation is 1. The van der Waals surface area contributed by atoms with Gasteiger partial charge in [-0.15, -0.1) is 0 Å². The Morgan fingerprint density at radius 2 is 1.33 bits per heavy atom. The van der Waals surface area contributed by atoms with Crippen LogP contribution in [0.2, 0.25) is 0 Å². The molecule has 0 bridgehead atoms. The fourth-order valence-corrected chi connectivity index (χ4v) is 4.81. The van der Waals surface area contributed by atoms with Crippen molar-refractivity contribution in [2.45, 2.75) is 20.0 Å². The van der Waals surface area contributed by atoms with Gasteiger partial charge in [-0.2, -0.15) is 0 Å². The van der Waals surface area contributed by atoms with Gasteiger partial charge in [0.1, 0.15) is 11.7 Å². The molecule has 1 aliphatic rings. The maximum absolute atomic E-state index is 6.42. The number of fused-ring (bicyclic) bond motifs is 4. The van der Waals surface area contributed by atoms with Crippen LogP contribution in [0.25, 0.3) is 21.9 Å². The summed E-state index contributed by atoms with van der Waals surface area (Å²) in [6.07, 6.45) is 0.113. The third-order valence-electron chi connectivity index (χ3n) is 6.15. The molecule has 6 rings (SSSR count). The summed E-state index contributed by atoms with van der Waals surface area (Å²) in [7, 11) is 0. The van der Waals surface area contributed by atoms with Crippen LogP contribution in [0, 0.1) is 6.92 Å². The second kappa shape index (κ2) is 6.39. The summed E-state index contributed by atoms with van der Waals surface area (Å²) in [6.45, 7) is 4.43. The Morgan fingerprint density at radius 3 is 2.13 bits per heavy atom. The van der Waals surface area contributed by atoms with Crippen molar-refractivity contribution in [3.05, 3.63) is 96.6 Å². The van der Waals surface area contributed by atoms with Gasteiger partial charge in [-0.3, -0.25) is 0 Å². The molecule has 0 spiro atoms. The molecule has 30 heavy (non-hydrogen) atoms. The average Bonchev–Trinajstić information content (AvgIpc) is 3.29. The monoisotopic (exact) mass is 390 g/mol. The standard InChI is InChI=1S/C27H22N2O/c1-18-16-17-22-21-12-6-9-15-25(21)30-27(22)26(18)29-19(2)28(20-10-4-3-5-11-20)23-13-7-8-14-24(23)29/h3-17,19H,1-2H3. The van der Waals surface area contributed by atoms with E-state index in [9.17, 15) is 0 Å². The van der Waals surface area contributed by atoms with Gasteiger partial charge in [0.05, 0.1) is 17.1 Å². The Hall–Kier alpha value is -3.72. The van der Waals surface area contributed by atoms with Crippen molar-refractivity contribution in [3.8, 4) is 0 Å². The van der Waals surface area contributed by atoms with Crippen molar-refractivity contribution in [2.24, 2.45) is 0 Å². The van der Waals surface area contributed by atoms with Crippen molar-refractivity contribution in [1.29, 1.82) is 0 Å². The maximum atomic E-state index is 6.42. The molecule has 3 heteroatoms. The highest BCUT2D eigenvalue weighted by Crippen LogP contribution is 2.50. The lowest BCUT2D eigenvalue weighted by Gasteiger charge is -2.31. The summed E-state index contributed by atoms with van der Waals surface area (Å²) >= 11 is 0. The second-order valence-electron chi connectivity index (χ2n) is 7.90. The third-order valence-corrected chi connectivity index (χ3v) is 6.15. The number of rotatable bonds is 2. The van der Waals surface area contributed by atoms with Crippen LogP contribution in [-0.2, 0) is 0 Å². The summed E-state index contributed by atoms with van der Waals surface area (Å²) in [5.41, 5.74) is 7.83. The lowest BCUT2D eigenvalue weighted by molar-refractivity contribution is 0.663. The molecule has 0 aliphatic carbocycles. The molecule has 1 aromatic heterocycles. The Kier molecular flexibility index (Phi) is 3.66. The minimum atomic E-state index is 0.113. The van der Waals surface area contributed by atoms with E-state index in [1.165, 1.54) is 22.6 Å². The summed E-state index contributed by atoms with van der Waals surface area (Å²) in [6, 6.07) is 31.9. The molecule has 3 nitrogen and oxygen atoms in total. The van der Waals surface area contributed by atoms with Gasteiger partial charge in [0.25, 0.3) is 0 Å². The molecule has 5 aromatic rings.